The molecule has 8 nitrogen and oxygen atoms in total. The highest BCUT2D eigenvalue weighted by atomic mass is 35.5. The van der Waals surface area contributed by atoms with Gasteiger partial charge in [0.15, 0.2) is 0 Å². The largest absolute Gasteiger partial charge is 0.325 e. The molecule has 2 aromatic carbocycles. The quantitative estimate of drug-likeness (QED) is 0.439. The van der Waals surface area contributed by atoms with Gasteiger partial charge in [0.1, 0.15) is 5.82 Å². The van der Waals surface area contributed by atoms with Crippen molar-refractivity contribution < 1.29 is 9.59 Å². The van der Waals surface area contributed by atoms with E-state index in [4.69, 9.17) is 34.8 Å². The second kappa shape index (κ2) is 8.58. The van der Waals surface area contributed by atoms with Crippen LogP contribution in [0.5, 0.6) is 0 Å². The van der Waals surface area contributed by atoms with E-state index in [0.29, 0.717) is 26.4 Å². The van der Waals surface area contributed by atoms with Crippen molar-refractivity contribution >= 4 is 69.8 Å². The van der Waals surface area contributed by atoms with E-state index >= 15 is 0 Å². The van der Waals surface area contributed by atoms with Gasteiger partial charge in [0.25, 0.3) is 5.56 Å². The Kier molecular flexibility index (Phi) is 5.86. The number of fused-ring (bicyclic) bond motifs is 1. The van der Waals surface area contributed by atoms with Crippen LogP contribution in [-0.4, -0.2) is 21.8 Å². The van der Waals surface area contributed by atoms with Crippen LogP contribution in [0.2, 0.25) is 15.1 Å². The van der Waals surface area contributed by atoms with Gasteiger partial charge in [-0.3, -0.25) is 19.4 Å². The molecule has 4 rings (SSSR count). The lowest BCUT2D eigenvalue weighted by atomic mass is 9.92. The van der Waals surface area contributed by atoms with Crippen molar-refractivity contribution in [1.29, 1.82) is 0 Å². The first kappa shape index (κ1) is 21.2. The van der Waals surface area contributed by atoms with Gasteiger partial charge in [-0.2, -0.15) is 4.98 Å². The summed E-state index contributed by atoms with van der Waals surface area (Å²) in [6.07, 6.45) is -0.194. The summed E-state index contributed by atoms with van der Waals surface area (Å²) in [6.45, 7) is 0. The number of H-pyrrole nitrogens is 1. The molecule has 0 bridgehead atoms. The number of amides is 2. The average Bonchev–Trinajstić information content (AvgIpc) is 2.69. The van der Waals surface area contributed by atoms with Crippen molar-refractivity contribution in [2.75, 3.05) is 16.0 Å². The van der Waals surface area contributed by atoms with Gasteiger partial charge in [-0.1, -0.05) is 40.9 Å². The minimum absolute atomic E-state index is 0.00108. The maximum atomic E-state index is 12.8. The molecule has 158 valence electrons. The van der Waals surface area contributed by atoms with E-state index in [2.05, 4.69) is 25.9 Å². The maximum absolute atomic E-state index is 12.8. The van der Waals surface area contributed by atoms with Crippen molar-refractivity contribution in [1.82, 2.24) is 9.97 Å². The SMILES string of the molecule is O=C1C[C@H](C(=O)Nc2cccc(Cl)c2)c2c(nc(Nc3ccc(Cl)cc3Cl)[nH]c2=O)N1. The first-order valence-corrected chi connectivity index (χ1v) is 10.2. The van der Waals surface area contributed by atoms with Gasteiger partial charge in [0.2, 0.25) is 17.8 Å². The van der Waals surface area contributed by atoms with Crippen molar-refractivity contribution in [2.24, 2.45) is 0 Å². The molecule has 0 saturated carbocycles. The summed E-state index contributed by atoms with van der Waals surface area (Å²) in [5.41, 5.74) is 0.396. The fourth-order valence-corrected chi connectivity index (χ4v) is 3.81. The number of carbonyl (C=O) groups excluding carboxylic acids is 2. The topological polar surface area (TPSA) is 116 Å². The molecule has 31 heavy (non-hydrogen) atoms. The van der Waals surface area contributed by atoms with Gasteiger partial charge in [-0.25, -0.2) is 0 Å². The molecule has 0 saturated heterocycles. The summed E-state index contributed by atoms with van der Waals surface area (Å²) >= 11 is 18.0. The van der Waals surface area contributed by atoms with Crippen molar-refractivity contribution in [2.45, 2.75) is 12.3 Å². The summed E-state index contributed by atoms with van der Waals surface area (Å²) in [4.78, 5) is 44.7. The molecule has 1 aliphatic rings. The molecular formula is C20H14Cl3N5O3. The molecule has 1 aliphatic heterocycles. The van der Waals surface area contributed by atoms with Crippen LogP contribution in [0.1, 0.15) is 17.9 Å². The Morgan fingerprint density at radius 1 is 1.06 bits per heavy atom. The highest BCUT2D eigenvalue weighted by Gasteiger charge is 2.34. The number of hydrogen-bond donors (Lipinski definition) is 4. The third kappa shape index (κ3) is 4.66. The molecule has 2 heterocycles. The molecule has 1 aromatic heterocycles. The number of benzene rings is 2. The first-order chi connectivity index (χ1) is 14.8. The minimum Gasteiger partial charge on any atom is -0.325 e. The number of hydrogen-bond acceptors (Lipinski definition) is 5. The number of rotatable bonds is 4. The molecule has 3 aromatic rings. The molecule has 0 unspecified atom stereocenters. The van der Waals surface area contributed by atoms with E-state index < -0.39 is 23.3 Å². The average molecular weight is 479 g/mol. The summed E-state index contributed by atoms with van der Waals surface area (Å²) in [6, 6.07) is 11.3. The van der Waals surface area contributed by atoms with E-state index in [-0.39, 0.29) is 23.8 Å². The lowest BCUT2D eigenvalue weighted by Gasteiger charge is -2.23. The fourth-order valence-electron chi connectivity index (χ4n) is 3.17. The molecule has 4 N–H and O–H groups in total. The highest BCUT2D eigenvalue weighted by Crippen LogP contribution is 2.31. The molecule has 1 atom stereocenters. The Bertz CT molecular complexity index is 1260. The predicted octanol–water partition coefficient (Wildman–Crippen LogP) is 4.54. The summed E-state index contributed by atoms with van der Waals surface area (Å²) in [5.74, 6) is -1.94. The number of carbonyl (C=O) groups is 2. The second-order valence-corrected chi connectivity index (χ2v) is 8.01. The van der Waals surface area contributed by atoms with Gasteiger partial charge >= 0.3 is 0 Å². The van der Waals surface area contributed by atoms with Crippen LogP contribution in [0.4, 0.5) is 23.1 Å². The zero-order valence-corrected chi connectivity index (χ0v) is 17.9. The zero-order chi connectivity index (χ0) is 22.1. The molecule has 0 spiro atoms. The molecule has 0 aliphatic carbocycles. The van der Waals surface area contributed by atoms with Crippen molar-refractivity contribution in [3.63, 3.8) is 0 Å². The van der Waals surface area contributed by atoms with Crippen LogP contribution in [-0.2, 0) is 9.59 Å². The lowest BCUT2D eigenvalue weighted by molar-refractivity contribution is -0.123. The standard InChI is InChI=1S/C20H14Cl3N5O3/c21-9-2-1-3-11(6-9)24-18(30)12-8-15(29)26-17-16(12)19(31)28-20(27-17)25-14-5-4-10(22)7-13(14)23/h1-7,12H,8H2,(H,24,30)(H3,25,26,27,28,29,31)/t12-/m0/s1. The number of aromatic nitrogens is 2. The van der Waals surface area contributed by atoms with Crippen LogP contribution in [0.3, 0.4) is 0 Å². The minimum atomic E-state index is -1.02. The van der Waals surface area contributed by atoms with Crippen molar-refractivity contribution in [3.05, 3.63) is 73.4 Å². The molecule has 0 radical (unpaired) electrons. The molecule has 0 fully saturated rings. The number of halogens is 3. The normalized spacial score (nSPS) is 15.1. The van der Waals surface area contributed by atoms with E-state index in [1.54, 1.807) is 36.4 Å². The molecule has 11 heteroatoms. The van der Waals surface area contributed by atoms with Crippen LogP contribution in [0, 0.1) is 0 Å². The van der Waals surface area contributed by atoms with E-state index in [1.165, 1.54) is 6.07 Å². The Balaban J connectivity index is 1.65. The Hall–Kier alpha value is -3.07. The smallest absolute Gasteiger partial charge is 0.258 e. The van der Waals surface area contributed by atoms with Gasteiger partial charge in [-0.15, -0.1) is 0 Å². The zero-order valence-electron chi connectivity index (χ0n) is 15.6. The van der Waals surface area contributed by atoms with Gasteiger partial charge < -0.3 is 16.0 Å². The number of anilines is 4. The van der Waals surface area contributed by atoms with Gasteiger partial charge in [-0.05, 0) is 36.4 Å². The number of nitrogens with zero attached hydrogens (tertiary/aromatic N) is 1. The lowest BCUT2D eigenvalue weighted by Crippen LogP contribution is -2.36. The third-order valence-corrected chi connectivity index (χ3v) is 5.33. The summed E-state index contributed by atoms with van der Waals surface area (Å²) in [5, 5.41) is 9.30. The van der Waals surface area contributed by atoms with Crippen LogP contribution in [0.25, 0.3) is 0 Å². The molecular weight excluding hydrogens is 465 g/mol. The molecule has 2 amide bonds. The predicted molar refractivity (Wildman–Crippen MR) is 121 cm³/mol. The second-order valence-electron chi connectivity index (χ2n) is 6.73. The van der Waals surface area contributed by atoms with Crippen LogP contribution >= 0.6 is 34.8 Å². The van der Waals surface area contributed by atoms with Gasteiger partial charge in [0, 0.05) is 22.2 Å². The maximum Gasteiger partial charge on any atom is 0.258 e. The number of aromatic amines is 1. The first-order valence-electron chi connectivity index (χ1n) is 9.03. The Morgan fingerprint density at radius 3 is 2.58 bits per heavy atom. The van der Waals surface area contributed by atoms with E-state index in [9.17, 15) is 14.4 Å². The summed E-state index contributed by atoms with van der Waals surface area (Å²) in [7, 11) is 0. The Morgan fingerprint density at radius 2 is 1.84 bits per heavy atom. The number of nitrogens with one attached hydrogen (secondary N) is 4. The van der Waals surface area contributed by atoms with Gasteiger partial charge in [0.05, 0.1) is 22.2 Å². The van der Waals surface area contributed by atoms with E-state index in [0.717, 1.165) is 0 Å². The van der Waals surface area contributed by atoms with E-state index in [1.807, 2.05) is 0 Å². The van der Waals surface area contributed by atoms with Crippen LogP contribution < -0.4 is 21.5 Å². The van der Waals surface area contributed by atoms with Crippen LogP contribution in [0.15, 0.2) is 47.3 Å². The highest BCUT2D eigenvalue weighted by molar-refractivity contribution is 6.36. The fraction of sp³-hybridized carbons (Fsp3) is 0.100. The third-order valence-electron chi connectivity index (χ3n) is 4.54. The Labute approximate surface area is 190 Å². The monoisotopic (exact) mass is 477 g/mol. The van der Waals surface area contributed by atoms with Crippen molar-refractivity contribution in [3.8, 4) is 0 Å². The summed E-state index contributed by atoms with van der Waals surface area (Å²) < 4.78 is 0.